The summed E-state index contributed by atoms with van der Waals surface area (Å²) in [6.07, 6.45) is 2.46. The van der Waals surface area contributed by atoms with Gasteiger partial charge >= 0.3 is 0 Å². The van der Waals surface area contributed by atoms with Crippen LogP contribution in [-0.2, 0) is 20.0 Å². The number of hydrogen-bond acceptors (Lipinski definition) is 4. The Morgan fingerprint density at radius 2 is 1.84 bits per heavy atom. The topological polar surface area (TPSA) is 65.6 Å². The summed E-state index contributed by atoms with van der Waals surface area (Å²) >= 11 is 0. The molecule has 6 heteroatoms. The molecule has 0 amide bonds. The van der Waals surface area contributed by atoms with Crippen molar-refractivity contribution in [3.8, 4) is 11.3 Å². The highest BCUT2D eigenvalue weighted by Crippen LogP contribution is 2.26. The van der Waals surface area contributed by atoms with Crippen molar-refractivity contribution in [3.05, 3.63) is 76.8 Å². The summed E-state index contributed by atoms with van der Waals surface area (Å²) in [6, 6.07) is 17.6. The van der Waals surface area contributed by atoms with E-state index >= 15 is 0 Å². The second-order valence-corrected chi connectivity index (χ2v) is 5.94. The summed E-state index contributed by atoms with van der Waals surface area (Å²) in [5.41, 5.74) is 2.53. The van der Waals surface area contributed by atoms with E-state index in [2.05, 4.69) is 33.6 Å². The maximum absolute atomic E-state index is 12.2. The molecule has 0 fully saturated rings. The van der Waals surface area contributed by atoms with E-state index in [1.165, 1.54) is 4.68 Å². The van der Waals surface area contributed by atoms with Gasteiger partial charge in [-0.05, 0) is 16.8 Å². The second kappa shape index (κ2) is 6.32. The summed E-state index contributed by atoms with van der Waals surface area (Å²) in [5.74, 6) is 0. The third-order valence-corrected chi connectivity index (χ3v) is 4.16. The molecule has 0 saturated carbocycles. The first-order valence-electron chi connectivity index (χ1n) is 8.12. The molecule has 0 aliphatic heterocycles. The molecule has 6 nitrogen and oxygen atoms in total. The van der Waals surface area contributed by atoms with Crippen molar-refractivity contribution < 1.29 is 0 Å². The highest BCUT2D eigenvalue weighted by atomic mass is 16.1. The summed E-state index contributed by atoms with van der Waals surface area (Å²) in [4.78, 5) is 12.2. The molecule has 25 heavy (non-hydrogen) atoms. The second-order valence-electron chi connectivity index (χ2n) is 5.94. The molecule has 0 saturated heterocycles. The van der Waals surface area contributed by atoms with E-state index in [-0.39, 0.29) is 5.56 Å². The maximum Gasteiger partial charge on any atom is 0.266 e. The van der Waals surface area contributed by atoms with E-state index in [0.717, 1.165) is 27.7 Å². The lowest BCUT2D eigenvalue weighted by molar-refractivity contribution is 0.575. The van der Waals surface area contributed by atoms with Crippen molar-refractivity contribution in [2.24, 2.45) is 7.05 Å². The van der Waals surface area contributed by atoms with Crippen LogP contribution in [-0.4, -0.2) is 24.8 Å². The standard InChI is InChI=1S/C19H17N5O/c1-23-13-15(20-22-23)11-12-24-19(25)10-9-18(21-24)17-8-4-6-14-5-2-3-7-16(14)17/h2-10,13H,11-12H2,1H3. The zero-order chi connectivity index (χ0) is 17.2. The largest absolute Gasteiger partial charge is 0.268 e. The van der Waals surface area contributed by atoms with Gasteiger partial charge in [0.2, 0.25) is 0 Å². The lowest BCUT2D eigenvalue weighted by Crippen LogP contribution is -2.23. The van der Waals surface area contributed by atoms with Crippen LogP contribution in [0.2, 0.25) is 0 Å². The molecule has 124 valence electrons. The van der Waals surface area contributed by atoms with Crippen molar-refractivity contribution in [2.45, 2.75) is 13.0 Å². The Morgan fingerprint density at radius 1 is 1.00 bits per heavy atom. The van der Waals surface area contributed by atoms with Crippen LogP contribution >= 0.6 is 0 Å². The Labute approximate surface area is 144 Å². The molecular formula is C19H17N5O. The van der Waals surface area contributed by atoms with Gasteiger partial charge in [0.1, 0.15) is 0 Å². The minimum Gasteiger partial charge on any atom is -0.268 e. The predicted molar refractivity (Wildman–Crippen MR) is 96.1 cm³/mol. The quantitative estimate of drug-likeness (QED) is 0.576. The minimum absolute atomic E-state index is 0.118. The van der Waals surface area contributed by atoms with Gasteiger partial charge in [0.05, 0.1) is 17.9 Å². The van der Waals surface area contributed by atoms with Gasteiger partial charge in [-0.1, -0.05) is 47.7 Å². The fourth-order valence-electron chi connectivity index (χ4n) is 2.93. The molecule has 0 aliphatic carbocycles. The lowest BCUT2D eigenvalue weighted by atomic mass is 10.0. The van der Waals surface area contributed by atoms with E-state index in [0.29, 0.717) is 13.0 Å². The Balaban J connectivity index is 1.70. The minimum atomic E-state index is -0.118. The average Bonchev–Trinajstić information content (AvgIpc) is 3.06. The number of rotatable bonds is 4. The SMILES string of the molecule is Cn1cc(CCn2nc(-c3cccc4ccccc34)ccc2=O)nn1. The van der Waals surface area contributed by atoms with E-state index in [9.17, 15) is 4.79 Å². The molecule has 0 bridgehead atoms. The molecule has 0 radical (unpaired) electrons. The molecule has 4 aromatic rings. The zero-order valence-corrected chi connectivity index (χ0v) is 13.8. The summed E-state index contributed by atoms with van der Waals surface area (Å²) in [6.45, 7) is 0.468. The molecule has 4 rings (SSSR count). The molecular weight excluding hydrogens is 314 g/mol. The zero-order valence-electron chi connectivity index (χ0n) is 13.8. The number of fused-ring (bicyclic) bond motifs is 1. The molecule has 2 heterocycles. The van der Waals surface area contributed by atoms with E-state index < -0.39 is 0 Å². The summed E-state index contributed by atoms with van der Waals surface area (Å²) in [5, 5.41) is 14.8. The molecule has 0 aliphatic rings. The fraction of sp³-hybridized carbons (Fsp3) is 0.158. The smallest absolute Gasteiger partial charge is 0.266 e. The van der Waals surface area contributed by atoms with Gasteiger partial charge in [-0.2, -0.15) is 5.10 Å². The van der Waals surface area contributed by atoms with Crippen LogP contribution in [0.25, 0.3) is 22.0 Å². The van der Waals surface area contributed by atoms with Gasteiger partial charge < -0.3 is 0 Å². The Bertz CT molecular complexity index is 1090. The number of benzene rings is 2. The molecule has 0 unspecified atom stereocenters. The van der Waals surface area contributed by atoms with Crippen molar-refractivity contribution in [2.75, 3.05) is 0 Å². The molecule has 2 aromatic heterocycles. The van der Waals surface area contributed by atoms with E-state index in [1.807, 2.05) is 37.5 Å². The highest BCUT2D eigenvalue weighted by molar-refractivity contribution is 5.95. The normalized spacial score (nSPS) is 11.1. The van der Waals surface area contributed by atoms with E-state index in [1.54, 1.807) is 16.8 Å². The first-order valence-corrected chi connectivity index (χ1v) is 8.12. The van der Waals surface area contributed by atoms with Crippen molar-refractivity contribution >= 4 is 10.8 Å². The highest BCUT2D eigenvalue weighted by Gasteiger charge is 2.08. The molecule has 0 spiro atoms. The fourth-order valence-corrected chi connectivity index (χ4v) is 2.93. The first kappa shape index (κ1) is 15.3. The van der Waals surface area contributed by atoms with Crippen molar-refractivity contribution in [1.29, 1.82) is 0 Å². The lowest BCUT2D eigenvalue weighted by Gasteiger charge is -2.09. The Kier molecular flexibility index (Phi) is 3.85. The van der Waals surface area contributed by atoms with Crippen molar-refractivity contribution in [3.63, 3.8) is 0 Å². The van der Waals surface area contributed by atoms with Gasteiger partial charge in [0, 0.05) is 31.3 Å². The number of aryl methyl sites for hydroxylation is 3. The van der Waals surface area contributed by atoms with Gasteiger partial charge in [0.25, 0.3) is 5.56 Å². The number of hydrogen-bond donors (Lipinski definition) is 0. The van der Waals surface area contributed by atoms with Crippen molar-refractivity contribution in [1.82, 2.24) is 24.8 Å². The maximum atomic E-state index is 12.2. The van der Waals surface area contributed by atoms with Crippen LogP contribution in [0.1, 0.15) is 5.69 Å². The average molecular weight is 331 g/mol. The molecule has 0 atom stereocenters. The third kappa shape index (κ3) is 3.06. The van der Waals surface area contributed by atoms with Crippen LogP contribution in [0.15, 0.2) is 65.6 Å². The predicted octanol–water partition coefficient (Wildman–Crippen LogP) is 2.43. The molecule has 0 N–H and O–H groups in total. The van der Waals surface area contributed by atoms with Crippen LogP contribution in [0.5, 0.6) is 0 Å². The van der Waals surface area contributed by atoms with Gasteiger partial charge in [0.15, 0.2) is 0 Å². The number of nitrogens with zero attached hydrogens (tertiary/aromatic N) is 5. The van der Waals surface area contributed by atoms with Crippen LogP contribution in [0, 0.1) is 0 Å². The summed E-state index contributed by atoms with van der Waals surface area (Å²) in [7, 11) is 1.82. The van der Waals surface area contributed by atoms with Crippen LogP contribution in [0.4, 0.5) is 0 Å². The Hall–Kier alpha value is -3.28. The first-order chi connectivity index (χ1) is 12.2. The van der Waals surface area contributed by atoms with Gasteiger partial charge in [-0.25, -0.2) is 4.68 Å². The molecule has 2 aromatic carbocycles. The number of aromatic nitrogens is 5. The van der Waals surface area contributed by atoms with Gasteiger partial charge in [-0.3, -0.25) is 9.48 Å². The summed E-state index contributed by atoms with van der Waals surface area (Å²) < 4.78 is 3.14. The Morgan fingerprint density at radius 3 is 2.68 bits per heavy atom. The van der Waals surface area contributed by atoms with E-state index in [4.69, 9.17) is 0 Å². The van der Waals surface area contributed by atoms with Crippen LogP contribution < -0.4 is 5.56 Å². The van der Waals surface area contributed by atoms with Gasteiger partial charge in [-0.15, -0.1) is 5.10 Å². The monoisotopic (exact) mass is 331 g/mol. The van der Waals surface area contributed by atoms with Crippen LogP contribution in [0.3, 0.4) is 0 Å². The third-order valence-electron chi connectivity index (χ3n) is 4.16.